The molecule has 2 rings (SSSR count). The summed E-state index contributed by atoms with van der Waals surface area (Å²) in [7, 11) is 0. The van der Waals surface area contributed by atoms with E-state index < -0.39 is 45.4 Å². The van der Waals surface area contributed by atoms with E-state index >= 15 is 0 Å². The largest absolute Gasteiger partial charge is 0.506 e. The van der Waals surface area contributed by atoms with Crippen LogP contribution in [0.5, 0.6) is 11.5 Å². The molecule has 0 aromatic heterocycles. The molecule has 0 bridgehead atoms. The lowest BCUT2D eigenvalue weighted by Crippen LogP contribution is -2.42. The average molecular weight is 317 g/mol. The summed E-state index contributed by atoms with van der Waals surface area (Å²) in [5.41, 5.74) is -2.56. The summed E-state index contributed by atoms with van der Waals surface area (Å²) in [6.07, 6.45) is -1.02. The van der Waals surface area contributed by atoms with Crippen LogP contribution < -0.4 is 15.4 Å². The number of aliphatic hydroxyl groups is 1. The Morgan fingerprint density at radius 2 is 2.23 bits per heavy atom. The second-order valence-electron chi connectivity index (χ2n) is 5.08. The van der Waals surface area contributed by atoms with Gasteiger partial charge in [0, 0.05) is 36.4 Å². The molecule has 1 heterocycles. The van der Waals surface area contributed by atoms with Crippen LogP contribution in [0.15, 0.2) is 12.1 Å². The first-order valence-corrected chi connectivity index (χ1v) is 6.72. The zero-order chi connectivity index (χ0) is 23.8. The highest BCUT2D eigenvalue weighted by Gasteiger charge is 2.22. The van der Waals surface area contributed by atoms with E-state index in [1.54, 1.807) is 0 Å². The van der Waals surface area contributed by atoms with E-state index in [4.69, 9.17) is 17.1 Å². The fraction of sp³-hybridized carbons (Fsp3) is 0.562. The molecular formula is C16H24N2O4. The minimum absolute atomic E-state index is 0.157. The standard InChI is InChI=1S/C16H24N2O4/c1-16(2,3)17-8-10(19)9-22-13-6-5-12(20)15-11(13)4-7-14(21)18-15/h5-6,10,17,19-20H,4,7-9H2,1-3H3,(H,18,21)/i1D3,2D3,3D3. The van der Waals surface area contributed by atoms with Crippen LogP contribution in [0, 0.1) is 0 Å². The lowest BCUT2D eigenvalue weighted by Gasteiger charge is -2.24. The van der Waals surface area contributed by atoms with Gasteiger partial charge in [0.2, 0.25) is 5.91 Å². The van der Waals surface area contributed by atoms with Crippen LogP contribution in [0.1, 0.15) is 44.9 Å². The number of phenols is 1. The van der Waals surface area contributed by atoms with Crippen molar-refractivity contribution in [2.45, 2.75) is 45.0 Å². The van der Waals surface area contributed by atoms with Crippen molar-refractivity contribution in [2.24, 2.45) is 0 Å². The normalized spacial score (nSPS) is 23.7. The van der Waals surface area contributed by atoms with Crippen molar-refractivity contribution in [3.05, 3.63) is 17.7 Å². The third-order valence-electron chi connectivity index (χ3n) is 3.15. The molecule has 6 heteroatoms. The monoisotopic (exact) mass is 317 g/mol. The van der Waals surface area contributed by atoms with Gasteiger partial charge in [0.05, 0.1) is 5.69 Å². The third kappa shape index (κ3) is 4.35. The van der Waals surface area contributed by atoms with Gasteiger partial charge in [-0.15, -0.1) is 0 Å². The van der Waals surface area contributed by atoms with Crippen molar-refractivity contribution in [2.75, 3.05) is 18.5 Å². The highest BCUT2D eigenvalue weighted by molar-refractivity contribution is 5.96. The third-order valence-corrected chi connectivity index (χ3v) is 3.15. The van der Waals surface area contributed by atoms with Crippen LogP contribution in [0.25, 0.3) is 0 Å². The van der Waals surface area contributed by atoms with Gasteiger partial charge in [-0.2, -0.15) is 0 Å². The summed E-state index contributed by atoms with van der Waals surface area (Å²) < 4.78 is 73.5. The van der Waals surface area contributed by atoms with Gasteiger partial charge in [0.15, 0.2) is 0 Å². The van der Waals surface area contributed by atoms with E-state index in [9.17, 15) is 15.0 Å². The van der Waals surface area contributed by atoms with Gasteiger partial charge in [-0.1, -0.05) is 0 Å². The Hall–Kier alpha value is -1.79. The highest BCUT2D eigenvalue weighted by Crippen LogP contribution is 2.38. The van der Waals surface area contributed by atoms with Crippen LogP contribution >= 0.6 is 0 Å². The molecule has 1 aromatic rings. The van der Waals surface area contributed by atoms with Crippen molar-refractivity contribution in [1.29, 1.82) is 0 Å². The number of aromatic hydroxyl groups is 1. The molecule has 1 unspecified atom stereocenters. The molecule has 1 aliphatic rings. The van der Waals surface area contributed by atoms with E-state index in [0.717, 1.165) is 0 Å². The first kappa shape index (κ1) is 8.17. The Morgan fingerprint density at radius 1 is 1.45 bits per heavy atom. The summed E-state index contributed by atoms with van der Waals surface area (Å²) in [4.78, 5) is 11.5. The summed E-state index contributed by atoms with van der Waals surface area (Å²) in [6, 6.07) is 2.71. The Morgan fingerprint density at radius 3 is 2.95 bits per heavy atom. The molecule has 4 N–H and O–H groups in total. The number of β-amino-alcohol motifs (C(OH)–C–C–N with tert-alkyl or cyclic N) is 1. The van der Waals surface area contributed by atoms with Crippen molar-refractivity contribution >= 4 is 11.6 Å². The maximum Gasteiger partial charge on any atom is 0.224 e. The number of carbonyl (C=O) groups is 1. The molecule has 0 fully saturated rings. The number of ether oxygens (including phenoxy) is 1. The smallest absolute Gasteiger partial charge is 0.224 e. The van der Waals surface area contributed by atoms with Crippen LogP contribution in [0.2, 0.25) is 0 Å². The molecule has 6 nitrogen and oxygen atoms in total. The van der Waals surface area contributed by atoms with E-state index in [1.165, 1.54) is 12.1 Å². The minimum atomic E-state index is -3.43. The van der Waals surface area contributed by atoms with Gasteiger partial charge < -0.3 is 25.6 Å². The molecule has 1 aromatic carbocycles. The molecule has 22 heavy (non-hydrogen) atoms. The van der Waals surface area contributed by atoms with E-state index in [1.807, 2.05) is 0 Å². The van der Waals surface area contributed by atoms with Gasteiger partial charge in [-0.3, -0.25) is 4.79 Å². The van der Waals surface area contributed by atoms with E-state index in [0.29, 0.717) is 5.56 Å². The van der Waals surface area contributed by atoms with Gasteiger partial charge in [0.1, 0.15) is 24.2 Å². The number of fused-ring (bicyclic) bond motifs is 1. The summed E-state index contributed by atoms with van der Waals surface area (Å²) >= 11 is 0. The molecule has 1 amide bonds. The number of anilines is 1. The molecule has 0 aliphatic carbocycles. The van der Waals surface area contributed by atoms with E-state index in [2.05, 4.69) is 10.6 Å². The van der Waals surface area contributed by atoms with Crippen molar-refractivity contribution in [3.8, 4) is 11.5 Å². The SMILES string of the molecule is [2H]C([2H])([2H])C(NCC(O)COc1ccc(O)c2c1CCC(=O)N2)(C([2H])([2H])[2H])C([2H])([2H])[2H]. The number of benzene rings is 1. The van der Waals surface area contributed by atoms with Gasteiger partial charge in [-0.05, 0) is 39.1 Å². The molecule has 122 valence electrons. The highest BCUT2D eigenvalue weighted by atomic mass is 16.5. The number of hydrogen-bond acceptors (Lipinski definition) is 5. The molecule has 0 saturated heterocycles. The molecule has 1 atom stereocenters. The van der Waals surface area contributed by atoms with Gasteiger partial charge >= 0.3 is 0 Å². The Bertz CT molecular complexity index is 785. The number of aliphatic hydroxyl groups excluding tert-OH is 1. The van der Waals surface area contributed by atoms with Crippen molar-refractivity contribution in [3.63, 3.8) is 0 Å². The lowest BCUT2D eigenvalue weighted by molar-refractivity contribution is -0.116. The lowest BCUT2D eigenvalue weighted by atomic mass is 10.0. The number of nitrogens with one attached hydrogen (secondary N) is 2. The number of phenolic OH excluding ortho intramolecular Hbond substituents is 1. The summed E-state index contributed by atoms with van der Waals surface area (Å²) in [5.74, 6) is -0.185. The molecule has 0 radical (unpaired) electrons. The molecule has 0 saturated carbocycles. The predicted molar refractivity (Wildman–Crippen MR) is 84.3 cm³/mol. The first-order chi connectivity index (χ1) is 14.0. The Balaban J connectivity index is 2.15. The zero-order valence-electron chi connectivity index (χ0n) is 20.8. The van der Waals surface area contributed by atoms with Crippen molar-refractivity contribution < 1.29 is 32.1 Å². The average Bonchev–Trinajstić information content (AvgIpc) is 2.58. The van der Waals surface area contributed by atoms with Crippen LogP contribution in [0.4, 0.5) is 5.69 Å². The fourth-order valence-electron chi connectivity index (χ4n) is 2.10. The Labute approximate surface area is 143 Å². The Kier molecular flexibility index (Phi) is 2.43. The molecule has 1 aliphatic heterocycles. The van der Waals surface area contributed by atoms with Crippen LogP contribution in [-0.4, -0.2) is 40.9 Å². The first-order valence-electron chi connectivity index (χ1n) is 11.2. The number of carbonyl (C=O) groups excluding carboxylic acids is 1. The maximum atomic E-state index is 11.5. The second-order valence-corrected chi connectivity index (χ2v) is 5.08. The predicted octanol–water partition coefficient (Wildman–Crippen LogP) is 1.40. The topological polar surface area (TPSA) is 90.8 Å². The van der Waals surface area contributed by atoms with Crippen molar-refractivity contribution in [1.82, 2.24) is 5.32 Å². The quantitative estimate of drug-likeness (QED) is 0.616. The second kappa shape index (κ2) is 6.54. The fourth-order valence-corrected chi connectivity index (χ4v) is 2.10. The molecule has 0 spiro atoms. The minimum Gasteiger partial charge on any atom is -0.506 e. The van der Waals surface area contributed by atoms with Gasteiger partial charge in [-0.25, -0.2) is 0 Å². The number of amides is 1. The zero-order valence-corrected chi connectivity index (χ0v) is 11.8. The van der Waals surface area contributed by atoms with Crippen LogP contribution in [0.3, 0.4) is 0 Å². The maximum absolute atomic E-state index is 11.5. The van der Waals surface area contributed by atoms with Gasteiger partial charge in [0.25, 0.3) is 0 Å². The summed E-state index contributed by atoms with van der Waals surface area (Å²) in [5, 5.41) is 24.7. The number of rotatable bonds is 5. The number of hydrogen-bond donors (Lipinski definition) is 4. The van der Waals surface area contributed by atoms with E-state index in [-0.39, 0.29) is 35.9 Å². The van der Waals surface area contributed by atoms with Crippen LogP contribution in [-0.2, 0) is 11.2 Å². The molecular weight excluding hydrogens is 284 g/mol. The summed E-state index contributed by atoms with van der Waals surface area (Å²) in [6.45, 7) is -11.4.